The van der Waals surface area contributed by atoms with Crippen molar-refractivity contribution < 1.29 is 19.1 Å². The number of carbonyl (C=O) groups excluding carboxylic acids is 2. The van der Waals surface area contributed by atoms with Crippen LogP contribution in [0.25, 0.3) is 0 Å². The summed E-state index contributed by atoms with van der Waals surface area (Å²) in [6, 6.07) is 12.6. The highest BCUT2D eigenvalue weighted by atomic mass is 19.1. The largest absolute Gasteiger partial charge is 0.385 e. The second-order valence-electron chi connectivity index (χ2n) is 5.75. The topological polar surface area (TPSA) is 78.4 Å². The Bertz CT molecular complexity index is 789. The highest BCUT2D eigenvalue weighted by Crippen LogP contribution is 2.25. The molecule has 2 amide bonds. The summed E-state index contributed by atoms with van der Waals surface area (Å²) in [5.74, 6) is -1.64. The molecule has 2 aromatic carbocycles. The number of anilines is 2. The lowest BCUT2D eigenvalue weighted by Gasteiger charge is -2.23. The minimum Gasteiger partial charge on any atom is -0.385 e. The molecule has 25 heavy (non-hydrogen) atoms. The number of halogens is 1. The zero-order chi connectivity index (χ0) is 18.4. The fourth-order valence-electron chi connectivity index (χ4n) is 2.30. The Morgan fingerprint density at radius 1 is 1.20 bits per heavy atom. The van der Waals surface area contributed by atoms with E-state index >= 15 is 0 Å². The zero-order valence-corrected chi connectivity index (χ0v) is 13.8. The first-order valence-electron chi connectivity index (χ1n) is 7.62. The van der Waals surface area contributed by atoms with Gasteiger partial charge in [-0.25, -0.2) is 4.39 Å². The van der Waals surface area contributed by atoms with Gasteiger partial charge in [-0.3, -0.25) is 9.59 Å². The monoisotopic (exact) mass is 342 g/mol. The minimum absolute atomic E-state index is 0.0717. The van der Waals surface area contributed by atoms with Crippen LogP contribution in [0.3, 0.4) is 0 Å². The van der Waals surface area contributed by atoms with Gasteiger partial charge in [-0.2, -0.15) is 0 Å². The summed E-state index contributed by atoms with van der Waals surface area (Å²) in [5, 5.41) is 15.4. The predicted octanol–water partition coefficient (Wildman–Crippen LogP) is 3.19. The standard InChI is InChI=1S/C19H19FN2O3/c1-3-17(23)22-16-11-14(9-10-15(16)20)21-18(24)12-19(2,25)13-7-5-4-6-8-13/h3-11,25H,1,12H2,2H3,(H,21,24)(H,22,23). The fraction of sp³-hybridized carbons (Fsp3) is 0.158. The average molecular weight is 342 g/mol. The third-order valence-electron chi connectivity index (χ3n) is 3.59. The van der Waals surface area contributed by atoms with Crippen molar-refractivity contribution in [1.82, 2.24) is 0 Å². The molecule has 0 aliphatic carbocycles. The van der Waals surface area contributed by atoms with Crippen molar-refractivity contribution in [3.8, 4) is 0 Å². The molecule has 0 saturated heterocycles. The fourth-order valence-corrected chi connectivity index (χ4v) is 2.30. The molecule has 2 aromatic rings. The molecule has 6 heteroatoms. The van der Waals surface area contributed by atoms with E-state index in [9.17, 15) is 19.1 Å². The average Bonchev–Trinajstić information content (AvgIpc) is 2.58. The van der Waals surface area contributed by atoms with Crippen molar-refractivity contribution in [1.29, 1.82) is 0 Å². The molecular formula is C19H19FN2O3. The predicted molar refractivity (Wildman–Crippen MR) is 94.5 cm³/mol. The summed E-state index contributed by atoms with van der Waals surface area (Å²) >= 11 is 0. The molecule has 2 rings (SSSR count). The van der Waals surface area contributed by atoms with Gasteiger partial charge in [-0.05, 0) is 36.8 Å². The summed E-state index contributed by atoms with van der Waals surface area (Å²) in [5.41, 5.74) is -0.499. The molecule has 0 fully saturated rings. The summed E-state index contributed by atoms with van der Waals surface area (Å²) in [7, 11) is 0. The molecule has 0 spiro atoms. The third kappa shape index (κ3) is 4.99. The van der Waals surface area contributed by atoms with Crippen LogP contribution in [0.5, 0.6) is 0 Å². The normalized spacial score (nSPS) is 12.8. The quantitative estimate of drug-likeness (QED) is 0.706. The molecule has 0 aliphatic rings. The molecule has 5 nitrogen and oxygen atoms in total. The number of nitrogens with one attached hydrogen (secondary N) is 2. The summed E-state index contributed by atoms with van der Waals surface area (Å²) in [4.78, 5) is 23.5. The first-order valence-corrected chi connectivity index (χ1v) is 7.62. The third-order valence-corrected chi connectivity index (χ3v) is 3.59. The highest BCUT2D eigenvalue weighted by Gasteiger charge is 2.26. The van der Waals surface area contributed by atoms with Crippen LogP contribution in [-0.2, 0) is 15.2 Å². The maximum Gasteiger partial charge on any atom is 0.247 e. The van der Waals surface area contributed by atoms with Crippen molar-refractivity contribution in [3.05, 3.63) is 72.6 Å². The Balaban J connectivity index is 2.09. The van der Waals surface area contributed by atoms with E-state index in [1.165, 1.54) is 12.1 Å². The first kappa shape index (κ1) is 18.4. The van der Waals surface area contributed by atoms with Gasteiger partial charge in [0.1, 0.15) is 5.82 Å². The van der Waals surface area contributed by atoms with Crippen LogP contribution in [0.2, 0.25) is 0 Å². The second kappa shape index (κ2) is 7.72. The number of carbonyl (C=O) groups is 2. The van der Waals surface area contributed by atoms with E-state index in [-0.39, 0.29) is 12.1 Å². The molecular weight excluding hydrogens is 323 g/mol. The van der Waals surface area contributed by atoms with Gasteiger partial charge < -0.3 is 15.7 Å². The first-order chi connectivity index (χ1) is 11.8. The van der Waals surface area contributed by atoms with Crippen LogP contribution >= 0.6 is 0 Å². The molecule has 1 unspecified atom stereocenters. The summed E-state index contributed by atoms with van der Waals surface area (Å²) in [6.45, 7) is 4.84. The van der Waals surface area contributed by atoms with Crippen LogP contribution in [0.1, 0.15) is 18.9 Å². The lowest BCUT2D eigenvalue weighted by molar-refractivity contribution is -0.120. The van der Waals surface area contributed by atoms with Crippen LogP contribution < -0.4 is 10.6 Å². The number of rotatable bonds is 6. The lowest BCUT2D eigenvalue weighted by Crippen LogP contribution is -2.28. The summed E-state index contributed by atoms with van der Waals surface area (Å²) < 4.78 is 13.7. The lowest BCUT2D eigenvalue weighted by atomic mass is 9.92. The molecule has 1 atom stereocenters. The number of amides is 2. The maximum atomic E-state index is 13.7. The number of hydrogen-bond acceptors (Lipinski definition) is 3. The van der Waals surface area contributed by atoms with Crippen LogP contribution in [0.4, 0.5) is 15.8 Å². The van der Waals surface area contributed by atoms with Gasteiger partial charge in [0.05, 0.1) is 17.7 Å². The molecule has 0 heterocycles. The Hall–Kier alpha value is -2.99. The van der Waals surface area contributed by atoms with Gasteiger partial charge in [0.25, 0.3) is 0 Å². The van der Waals surface area contributed by atoms with Gasteiger partial charge in [0, 0.05) is 5.69 Å². The van der Waals surface area contributed by atoms with Crippen molar-refractivity contribution in [3.63, 3.8) is 0 Å². The van der Waals surface area contributed by atoms with E-state index in [2.05, 4.69) is 17.2 Å². The maximum absolute atomic E-state index is 13.7. The van der Waals surface area contributed by atoms with E-state index in [0.717, 1.165) is 12.1 Å². The van der Waals surface area contributed by atoms with Crippen LogP contribution in [0, 0.1) is 5.82 Å². The molecule has 0 aliphatic heterocycles. The van der Waals surface area contributed by atoms with Crippen LogP contribution in [0.15, 0.2) is 61.2 Å². The SMILES string of the molecule is C=CC(=O)Nc1cc(NC(=O)CC(C)(O)c2ccccc2)ccc1F. The molecule has 0 saturated carbocycles. The molecule has 130 valence electrons. The van der Waals surface area contributed by atoms with Gasteiger partial charge in [0.2, 0.25) is 11.8 Å². The number of benzene rings is 2. The smallest absolute Gasteiger partial charge is 0.247 e. The van der Waals surface area contributed by atoms with Gasteiger partial charge in [0.15, 0.2) is 0 Å². The molecule has 0 bridgehead atoms. The highest BCUT2D eigenvalue weighted by molar-refractivity contribution is 5.99. The van der Waals surface area contributed by atoms with Gasteiger partial charge in [-0.1, -0.05) is 36.9 Å². The van der Waals surface area contributed by atoms with Crippen molar-refractivity contribution in [2.24, 2.45) is 0 Å². The Labute approximate surface area is 145 Å². The van der Waals surface area contributed by atoms with Gasteiger partial charge in [-0.15, -0.1) is 0 Å². The molecule has 3 N–H and O–H groups in total. The number of hydrogen-bond donors (Lipinski definition) is 3. The van der Waals surface area contributed by atoms with E-state index in [1.54, 1.807) is 31.2 Å². The summed E-state index contributed by atoms with van der Waals surface area (Å²) in [6.07, 6.45) is 0.838. The molecule has 0 aromatic heterocycles. The zero-order valence-electron chi connectivity index (χ0n) is 13.8. The minimum atomic E-state index is -1.34. The van der Waals surface area contributed by atoms with Gasteiger partial charge >= 0.3 is 0 Å². The van der Waals surface area contributed by atoms with E-state index in [4.69, 9.17) is 0 Å². The van der Waals surface area contributed by atoms with E-state index in [1.807, 2.05) is 6.07 Å². The Morgan fingerprint density at radius 3 is 2.52 bits per heavy atom. The van der Waals surface area contributed by atoms with Crippen molar-refractivity contribution >= 4 is 23.2 Å². The number of aliphatic hydroxyl groups is 1. The van der Waals surface area contributed by atoms with Crippen molar-refractivity contribution in [2.75, 3.05) is 10.6 Å². The second-order valence-corrected chi connectivity index (χ2v) is 5.75. The van der Waals surface area contributed by atoms with E-state index < -0.39 is 23.2 Å². The van der Waals surface area contributed by atoms with Crippen molar-refractivity contribution in [2.45, 2.75) is 18.9 Å². The van der Waals surface area contributed by atoms with E-state index in [0.29, 0.717) is 11.3 Å². The Morgan fingerprint density at radius 2 is 1.88 bits per heavy atom. The van der Waals surface area contributed by atoms with Crippen LogP contribution in [-0.4, -0.2) is 16.9 Å². The molecule has 0 radical (unpaired) electrons. The Kier molecular flexibility index (Phi) is 5.67.